The van der Waals surface area contributed by atoms with E-state index in [4.69, 9.17) is 56.4 Å². The summed E-state index contributed by atoms with van der Waals surface area (Å²) in [5, 5.41) is 1.57. The average Bonchev–Trinajstić information content (AvgIpc) is 1.82. The highest BCUT2D eigenvalue weighted by atomic mass is 35.8. The predicted molar refractivity (Wildman–Crippen MR) is 59.4 cm³/mol. The Morgan fingerprint density at radius 3 is 1.58 bits per heavy atom. The van der Waals surface area contributed by atoms with Gasteiger partial charge in [-0.3, -0.25) is 0 Å². The molecule has 0 atom stereocenters. The molecule has 1 aromatic carbocycles. The van der Waals surface area contributed by atoms with E-state index < -0.39 is 6.00 Å². The normalized spacial score (nSPS) is 11.8. The predicted octanol–water partition coefficient (Wildman–Crippen LogP) is 3.86. The van der Waals surface area contributed by atoms with E-state index in [0.29, 0.717) is 15.2 Å². The van der Waals surface area contributed by atoms with Crippen LogP contribution < -0.4 is 5.19 Å². The summed E-state index contributed by atoms with van der Waals surface area (Å²) in [6.45, 7) is 0. The Hall–Kier alpha value is 0.887. The zero-order chi connectivity index (χ0) is 9.35. The largest absolute Gasteiger partial charge is 0.373 e. The van der Waals surface area contributed by atoms with Crippen molar-refractivity contribution < 1.29 is 0 Å². The van der Waals surface area contributed by atoms with Gasteiger partial charge in [-0.2, -0.15) is 0 Å². The summed E-state index contributed by atoms with van der Waals surface area (Å²) in [6.07, 6.45) is 0. The summed E-state index contributed by atoms with van der Waals surface area (Å²) in [4.78, 5) is 0. The number of benzene rings is 1. The maximum absolute atomic E-state index is 5.75. The molecule has 0 aliphatic rings. The third kappa shape index (κ3) is 2.98. The molecular formula is C6H3Cl5Si. The summed E-state index contributed by atoms with van der Waals surface area (Å²) in [7, 11) is 0. The van der Waals surface area contributed by atoms with Gasteiger partial charge in [0.25, 0.3) is 0 Å². The summed E-state index contributed by atoms with van der Waals surface area (Å²) < 4.78 is 0. The molecule has 1 aromatic rings. The lowest BCUT2D eigenvalue weighted by Crippen LogP contribution is -2.29. The summed E-state index contributed by atoms with van der Waals surface area (Å²) in [5.41, 5.74) is 0. The molecule has 0 aliphatic carbocycles. The fourth-order valence-corrected chi connectivity index (χ4v) is 3.05. The topological polar surface area (TPSA) is 0 Å². The van der Waals surface area contributed by atoms with Crippen LogP contribution in [0.1, 0.15) is 0 Å². The third-order valence-electron chi connectivity index (χ3n) is 1.19. The Balaban J connectivity index is 3.18. The van der Waals surface area contributed by atoms with Gasteiger partial charge in [-0.25, -0.2) is 0 Å². The number of rotatable bonds is 1. The SMILES string of the molecule is Clc1cc(Cl)cc([Si](Cl)(Cl)Cl)c1. The second kappa shape index (κ2) is 3.95. The minimum atomic E-state index is -2.85. The Morgan fingerprint density at radius 2 is 1.25 bits per heavy atom. The zero-order valence-corrected chi connectivity index (χ0v) is 10.4. The molecule has 0 saturated heterocycles. The minimum absolute atomic E-state index is 0.483. The minimum Gasteiger partial charge on any atom is -0.121 e. The van der Waals surface area contributed by atoms with Gasteiger partial charge in [0.15, 0.2) is 0 Å². The van der Waals surface area contributed by atoms with Gasteiger partial charge in [0.05, 0.1) is 0 Å². The highest BCUT2D eigenvalue weighted by Crippen LogP contribution is 2.23. The van der Waals surface area contributed by atoms with E-state index in [-0.39, 0.29) is 0 Å². The van der Waals surface area contributed by atoms with E-state index in [1.54, 1.807) is 18.2 Å². The first-order valence-electron chi connectivity index (χ1n) is 2.93. The standard InChI is InChI=1S/C6H3Cl5Si/c7-4-1-5(8)3-6(2-4)12(9,10)11/h1-3H. The van der Waals surface area contributed by atoms with E-state index in [1.165, 1.54) is 0 Å². The molecule has 0 heterocycles. The molecule has 12 heavy (non-hydrogen) atoms. The van der Waals surface area contributed by atoms with Crippen molar-refractivity contribution in [3.8, 4) is 0 Å². The molecule has 0 fully saturated rings. The Kier molecular flexibility index (Phi) is 3.61. The second-order valence-corrected chi connectivity index (χ2v) is 11.4. The monoisotopic (exact) mass is 278 g/mol. The van der Waals surface area contributed by atoms with Crippen LogP contribution in [0.3, 0.4) is 0 Å². The zero-order valence-electron chi connectivity index (χ0n) is 5.62. The third-order valence-corrected chi connectivity index (χ3v) is 4.53. The lowest BCUT2D eigenvalue weighted by molar-refractivity contribution is 1.76. The van der Waals surface area contributed by atoms with Crippen LogP contribution in [-0.2, 0) is 0 Å². The molecule has 6 heteroatoms. The van der Waals surface area contributed by atoms with Crippen molar-refractivity contribution in [3.05, 3.63) is 28.2 Å². The van der Waals surface area contributed by atoms with Crippen LogP contribution in [0.2, 0.25) is 10.0 Å². The van der Waals surface area contributed by atoms with Gasteiger partial charge < -0.3 is 0 Å². The van der Waals surface area contributed by atoms with Crippen molar-refractivity contribution in [1.29, 1.82) is 0 Å². The second-order valence-electron chi connectivity index (χ2n) is 2.16. The van der Waals surface area contributed by atoms with E-state index in [0.717, 1.165) is 0 Å². The van der Waals surface area contributed by atoms with Gasteiger partial charge in [0.2, 0.25) is 0 Å². The van der Waals surface area contributed by atoms with Crippen LogP contribution >= 0.6 is 56.4 Å². The van der Waals surface area contributed by atoms with E-state index in [1.807, 2.05) is 0 Å². The molecule has 0 radical (unpaired) electrons. The molecule has 0 bridgehead atoms. The fraction of sp³-hybridized carbons (Fsp3) is 0. The van der Waals surface area contributed by atoms with Crippen molar-refractivity contribution in [3.63, 3.8) is 0 Å². The fourth-order valence-electron chi connectivity index (χ4n) is 0.717. The van der Waals surface area contributed by atoms with Crippen LogP contribution in [-0.4, -0.2) is 6.00 Å². The van der Waals surface area contributed by atoms with Crippen molar-refractivity contribution in [2.75, 3.05) is 0 Å². The van der Waals surface area contributed by atoms with Crippen LogP contribution in [0, 0.1) is 0 Å². The molecule has 66 valence electrons. The van der Waals surface area contributed by atoms with Crippen molar-refractivity contribution >= 4 is 67.6 Å². The summed E-state index contributed by atoms with van der Waals surface area (Å²) >= 11 is 28.7. The van der Waals surface area contributed by atoms with Crippen LogP contribution in [0.15, 0.2) is 18.2 Å². The van der Waals surface area contributed by atoms with Crippen LogP contribution in [0.25, 0.3) is 0 Å². The highest BCUT2D eigenvalue weighted by molar-refractivity contribution is 7.69. The van der Waals surface area contributed by atoms with Crippen molar-refractivity contribution in [2.24, 2.45) is 0 Å². The Labute approximate surface area is 95.4 Å². The van der Waals surface area contributed by atoms with E-state index in [2.05, 4.69) is 0 Å². The quantitative estimate of drug-likeness (QED) is 0.541. The van der Waals surface area contributed by atoms with Crippen LogP contribution in [0.4, 0.5) is 0 Å². The summed E-state index contributed by atoms with van der Waals surface area (Å²) in [5.74, 6) is 0. The number of hydrogen-bond donors (Lipinski definition) is 0. The van der Waals surface area contributed by atoms with Crippen molar-refractivity contribution in [1.82, 2.24) is 0 Å². The number of halogens is 5. The molecule has 0 spiro atoms. The van der Waals surface area contributed by atoms with Gasteiger partial charge >= 0.3 is 6.00 Å². The maximum Gasteiger partial charge on any atom is 0.373 e. The molecule has 0 aliphatic heterocycles. The van der Waals surface area contributed by atoms with Crippen molar-refractivity contribution in [2.45, 2.75) is 0 Å². The van der Waals surface area contributed by atoms with E-state index >= 15 is 0 Å². The summed E-state index contributed by atoms with van der Waals surface area (Å²) in [6, 6.07) is 1.98. The molecule has 0 aromatic heterocycles. The first-order chi connectivity index (χ1) is 5.39. The molecule has 1 rings (SSSR count). The molecule has 0 amide bonds. The first kappa shape index (κ1) is 11.0. The lowest BCUT2D eigenvalue weighted by Gasteiger charge is -2.08. The van der Waals surface area contributed by atoms with Gasteiger partial charge in [0, 0.05) is 10.0 Å². The smallest absolute Gasteiger partial charge is 0.121 e. The van der Waals surface area contributed by atoms with Gasteiger partial charge in [-0.15, -0.1) is 33.2 Å². The first-order valence-corrected chi connectivity index (χ1v) is 8.72. The maximum atomic E-state index is 5.75. The highest BCUT2D eigenvalue weighted by Gasteiger charge is 2.28. The Morgan fingerprint density at radius 1 is 0.833 bits per heavy atom. The van der Waals surface area contributed by atoms with Gasteiger partial charge in [-0.05, 0) is 23.4 Å². The molecule has 0 unspecified atom stereocenters. The van der Waals surface area contributed by atoms with Gasteiger partial charge in [0.1, 0.15) is 0 Å². The van der Waals surface area contributed by atoms with E-state index in [9.17, 15) is 0 Å². The molecule has 0 nitrogen and oxygen atoms in total. The lowest BCUT2D eigenvalue weighted by atomic mass is 10.4. The van der Waals surface area contributed by atoms with Gasteiger partial charge in [-0.1, -0.05) is 23.2 Å². The van der Waals surface area contributed by atoms with Crippen LogP contribution in [0.5, 0.6) is 0 Å². The molecular weight excluding hydrogens is 277 g/mol. The molecule has 0 saturated carbocycles. The average molecular weight is 280 g/mol. The Bertz CT molecular complexity index is 272. The number of hydrogen-bond acceptors (Lipinski definition) is 0. The molecule has 0 N–H and O–H groups in total.